The molecule has 34 heavy (non-hydrogen) atoms. The van der Waals surface area contributed by atoms with E-state index in [2.05, 4.69) is 0 Å². The van der Waals surface area contributed by atoms with Crippen molar-refractivity contribution in [1.29, 1.82) is 0 Å². The first kappa shape index (κ1) is 32.3. The molecular formula is C25H47NO8. The minimum absolute atomic E-state index is 0.0999. The molecule has 0 aliphatic heterocycles. The molecule has 0 aromatic rings. The summed E-state index contributed by atoms with van der Waals surface area (Å²) in [7, 11) is 0. The van der Waals surface area contributed by atoms with Gasteiger partial charge in [0, 0.05) is 6.54 Å². The van der Waals surface area contributed by atoms with Crippen molar-refractivity contribution in [1.82, 2.24) is 0 Å². The van der Waals surface area contributed by atoms with E-state index < -0.39 is 55.0 Å². The van der Waals surface area contributed by atoms with Gasteiger partial charge in [-0.2, -0.15) is 0 Å². The van der Waals surface area contributed by atoms with Gasteiger partial charge in [0.2, 0.25) is 0 Å². The first-order chi connectivity index (χ1) is 16.0. The van der Waals surface area contributed by atoms with Crippen LogP contribution in [0.25, 0.3) is 0 Å². The summed E-state index contributed by atoms with van der Waals surface area (Å²) in [6, 6.07) is 0. The number of ether oxygens (including phenoxy) is 1. The lowest BCUT2D eigenvalue weighted by Gasteiger charge is -2.29. The number of hydrogen-bond donors (Lipinski definition) is 5. The zero-order chi connectivity index (χ0) is 26.1. The standard InChI is InChI=1S/C25H47NO8/c1-4-18(3)24(31)21(34-23(30)15-19(25(32)33)14-22(28)29)13-17(2)11-9-7-5-6-8-10-12-20(27)16-26/h17-21,24,27,31H,4-16,26H2,1-3H3,(H,28,29)(H,32,33)/t17-,18+,19?,20-,21-,24+/m0/s1. The normalized spacial score (nSPS) is 16.8. The SMILES string of the molecule is CC[C@@H](C)[C@@H](O)[C@H](C[C@@H](C)CCCCCCCC[C@H](O)CN)OC(=O)CC(CC(=O)O)C(=O)O. The van der Waals surface area contributed by atoms with Gasteiger partial charge in [-0.3, -0.25) is 14.4 Å². The van der Waals surface area contributed by atoms with Gasteiger partial charge in [-0.25, -0.2) is 0 Å². The summed E-state index contributed by atoms with van der Waals surface area (Å²) in [5.74, 6) is -4.71. The highest BCUT2D eigenvalue weighted by molar-refractivity contribution is 5.82. The van der Waals surface area contributed by atoms with Gasteiger partial charge in [-0.05, 0) is 24.7 Å². The molecule has 0 aliphatic carbocycles. The largest absolute Gasteiger partial charge is 0.481 e. The van der Waals surface area contributed by atoms with E-state index in [0.29, 0.717) is 19.4 Å². The number of unbranched alkanes of at least 4 members (excludes halogenated alkanes) is 5. The van der Waals surface area contributed by atoms with Crippen LogP contribution < -0.4 is 5.73 Å². The first-order valence-corrected chi connectivity index (χ1v) is 12.7. The molecule has 0 bridgehead atoms. The molecule has 9 nitrogen and oxygen atoms in total. The first-order valence-electron chi connectivity index (χ1n) is 12.7. The molecule has 1 unspecified atom stereocenters. The number of aliphatic hydroxyl groups excluding tert-OH is 2. The number of carbonyl (C=O) groups excluding carboxylic acids is 1. The summed E-state index contributed by atoms with van der Waals surface area (Å²) in [4.78, 5) is 34.5. The fourth-order valence-electron chi connectivity index (χ4n) is 3.95. The lowest BCUT2D eigenvalue weighted by molar-refractivity contribution is -0.163. The molecule has 0 amide bonds. The minimum atomic E-state index is -1.36. The van der Waals surface area contributed by atoms with Crippen molar-refractivity contribution in [3.63, 3.8) is 0 Å². The Labute approximate surface area is 204 Å². The zero-order valence-electron chi connectivity index (χ0n) is 21.2. The van der Waals surface area contributed by atoms with Crippen LogP contribution in [-0.2, 0) is 19.1 Å². The van der Waals surface area contributed by atoms with Crippen molar-refractivity contribution in [3.05, 3.63) is 0 Å². The van der Waals surface area contributed by atoms with Crippen molar-refractivity contribution in [2.45, 2.75) is 116 Å². The Bertz CT molecular complexity index is 585. The molecule has 0 aromatic heterocycles. The molecule has 0 spiro atoms. The second-order valence-corrected chi connectivity index (χ2v) is 9.67. The quantitative estimate of drug-likeness (QED) is 0.120. The van der Waals surface area contributed by atoms with Crippen LogP contribution in [0.2, 0.25) is 0 Å². The Morgan fingerprint density at radius 3 is 1.94 bits per heavy atom. The van der Waals surface area contributed by atoms with Crippen LogP contribution in [-0.4, -0.2) is 63.2 Å². The number of esters is 1. The van der Waals surface area contributed by atoms with E-state index in [-0.39, 0.29) is 11.8 Å². The summed E-state index contributed by atoms with van der Waals surface area (Å²) in [6.45, 7) is 6.15. The Morgan fingerprint density at radius 1 is 0.882 bits per heavy atom. The lowest BCUT2D eigenvalue weighted by atomic mass is 9.89. The lowest BCUT2D eigenvalue weighted by Crippen LogP contribution is -2.38. The Kier molecular flexibility index (Phi) is 17.7. The second-order valence-electron chi connectivity index (χ2n) is 9.67. The maximum atomic E-state index is 12.4. The van der Waals surface area contributed by atoms with E-state index in [0.717, 1.165) is 51.4 Å². The fraction of sp³-hybridized carbons (Fsp3) is 0.880. The minimum Gasteiger partial charge on any atom is -0.481 e. The predicted molar refractivity (Wildman–Crippen MR) is 129 cm³/mol. The Hall–Kier alpha value is -1.71. The van der Waals surface area contributed by atoms with E-state index in [1.165, 1.54) is 0 Å². The molecule has 9 heteroatoms. The van der Waals surface area contributed by atoms with Crippen LogP contribution in [0.3, 0.4) is 0 Å². The highest BCUT2D eigenvalue weighted by Gasteiger charge is 2.31. The van der Waals surface area contributed by atoms with Gasteiger partial charge in [0.1, 0.15) is 6.10 Å². The summed E-state index contributed by atoms with van der Waals surface area (Å²) >= 11 is 0. The number of carbonyl (C=O) groups is 3. The molecule has 0 saturated heterocycles. The van der Waals surface area contributed by atoms with Crippen LogP contribution in [0.1, 0.15) is 97.8 Å². The molecule has 6 atom stereocenters. The zero-order valence-corrected chi connectivity index (χ0v) is 21.2. The Morgan fingerprint density at radius 2 is 1.44 bits per heavy atom. The van der Waals surface area contributed by atoms with Crippen molar-refractivity contribution in [3.8, 4) is 0 Å². The van der Waals surface area contributed by atoms with Crippen LogP contribution in [0.5, 0.6) is 0 Å². The second kappa shape index (κ2) is 18.6. The third kappa shape index (κ3) is 15.2. The van der Waals surface area contributed by atoms with Crippen LogP contribution in [0.15, 0.2) is 0 Å². The number of nitrogens with two attached hydrogens (primary N) is 1. The maximum absolute atomic E-state index is 12.4. The number of carboxylic acid groups (broad SMARTS) is 2. The highest BCUT2D eigenvalue weighted by Crippen LogP contribution is 2.24. The Balaban J connectivity index is 4.60. The third-order valence-electron chi connectivity index (χ3n) is 6.47. The predicted octanol–water partition coefficient (Wildman–Crippen LogP) is 3.34. The van der Waals surface area contributed by atoms with Crippen LogP contribution in [0, 0.1) is 17.8 Å². The van der Waals surface area contributed by atoms with Crippen molar-refractivity contribution in [2.75, 3.05) is 6.54 Å². The summed E-state index contributed by atoms with van der Waals surface area (Å²) in [5.41, 5.74) is 5.40. The van der Waals surface area contributed by atoms with Crippen LogP contribution in [0.4, 0.5) is 0 Å². The molecule has 0 rings (SSSR count). The average molecular weight is 490 g/mol. The topological polar surface area (TPSA) is 167 Å². The summed E-state index contributed by atoms with van der Waals surface area (Å²) in [6.07, 6.45) is 5.97. The van der Waals surface area contributed by atoms with Crippen molar-refractivity contribution in [2.24, 2.45) is 23.5 Å². The van der Waals surface area contributed by atoms with Gasteiger partial charge in [-0.15, -0.1) is 0 Å². The highest BCUT2D eigenvalue weighted by atomic mass is 16.6. The average Bonchev–Trinajstić information content (AvgIpc) is 2.78. The number of carboxylic acids is 2. The van der Waals surface area contributed by atoms with E-state index in [1.54, 1.807) is 0 Å². The van der Waals surface area contributed by atoms with Gasteiger partial charge in [-0.1, -0.05) is 72.1 Å². The monoisotopic (exact) mass is 489 g/mol. The number of rotatable bonds is 21. The van der Waals surface area contributed by atoms with Gasteiger partial charge in [0.05, 0.1) is 31.0 Å². The smallest absolute Gasteiger partial charge is 0.307 e. The molecule has 0 fully saturated rings. The number of aliphatic carboxylic acids is 2. The van der Waals surface area contributed by atoms with Crippen molar-refractivity contribution < 1.29 is 39.5 Å². The molecule has 0 radical (unpaired) electrons. The molecule has 0 aliphatic rings. The van der Waals surface area contributed by atoms with E-state index >= 15 is 0 Å². The van der Waals surface area contributed by atoms with E-state index in [4.69, 9.17) is 15.6 Å². The third-order valence-corrected chi connectivity index (χ3v) is 6.47. The molecule has 200 valence electrons. The van der Waals surface area contributed by atoms with Gasteiger partial charge < -0.3 is 30.9 Å². The number of hydrogen-bond acceptors (Lipinski definition) is 7. The fourth-order valence-corrected chi connectivity index (χ4v) is 3.95. The van der Waals surface area contributed by atoms with Crippen LogP contribution >= 0.6 is 0 Å². The molecule has 0 saturated carbocycles. The van der Waals surface area contributed by atoms with Gasteiger partial charge in [0.25, 0.3) is 0 Å². The summed E-state index contributed by atoms with van der Waals surface area (Å²) in [5, 5.41) is 38.2. The molecule has 0 aromatic carbocycles. The van der Waals surface area contributed by atoms with E-state index in [1.807, 2.05) is 20.8 Å². The van der Waals surface area contributed by atoms with Gasteiger partial charge >= 0.3 is 17.9 Å². The number of aliphatic hydroxyl groups is 2. The van der Waals surface area contributed by atoms with Gasteiger partial charge in [0.15, 0.2) is 0 Å². The maximum Gasteiger partial charge on any atom is 0.307 e. The molecule has 0 heterocycles. The van der Waals surface area contributed by atoms with Crippen molar-refractivity contribution >= 4 is 17.9 Å². The molecular weight excluding hydrogens is 442 g/mol. The molecule has 6 N–H and O–H groups in total. The van der Waals surface area contributed by atoms with E-state index in [9.17, 15) is 29.7 Å². The summed E-state index contributed by atoms with van der Waals surface area (Å²) < 4.78 is 5.49.